The van der Waals surface area contributed by atoms with Gasteiger partial charge in [0.15, 0.2) is 5.13 Å². The van der Waals surface area contributed by atoms with Gasteiger partial charge >= 0.3 is 0 Å². The summed E-state index contributed by atoms with van der Waals surface area (Å²) in [5.41, 5.74) is 1.16. The Bertz CT molecular complexity index is 444. The average molecular weight is 281 g/mol. The maximum atomic E-state index is 9.46. The topological polar surface area (TPSA) is 39.6 Å². The van der Waals surface area contributed by atoms with Crippen molar-refractivity contribution in [2.45, 2.75) is 44.2 Å². The Morgan fingerprint density at radius 3 is 2.79 bits per heavy atom. The Morgan fingerprint density at radius 1 is 1.42 bits per heavy atom. The zero-order valence-electron chi connectivity index (χ0n) is 11.8. The fraction of sp³-hybridized carbons (Fsp3) is 0.786. The van der Waals surface area contributed by atoms with Crippen LogP contribution in [0.1, 0.15) is 42.2 Å². The largest absolute Gasteiger partial charge is 0.391 e. The lowest BCUT2D eigenvalue weighted by atomic mass is 10.2. The highest BCUT2D eigenvalue weighted by molar-refractivity contribution is 7.15. The second-order valence-electron chi connectivity index (χ2n) is 5.89. The third kappa shape index (κ3) is 2.78. The molecule has 19 heavy (non-hydrogen) atoms. The Balaban J connectivity index is 1.70. The number of hydrogen-bond acceptors (Lipinski definition) is 5. The van der Waals surface area contributed by atoms with Crippen LogP contribution in [-0.2, 0) is 6.61 Å². The predicted molar refractivity (Wildman–Crippen MR) is 78.9 cm³/mol. The number of rotatable bonds is 5. The highest BCUT2D eigenvalue weighted by Gasteiger charge is 2.30. The molecule has 0 spiro atoms. The van der Waals surface area contributed by atoms with Crippen LogP contribution < -0.4 is 4.90 Å². The molecule has 0 amide bonds. The minimum atomic E-state index is 0.140. The highest BCUT2D eigenvalue weighted by Crippen LogP contribution is 2.44. The van der Waals surface area contributed by atoms with Gasteiger partial charge in [-0.15, -0.1) is 0 Å². The summed E-state index contributed by atoms with van der Waals surface area (Å²) < 4.78 is 0. The number of aliphatic hydroxyl groups excluding tert-OH is 1. The quantitative estimate of drug-likeness (QED) is 0.896. The number of thiazole rings is 1. The number of nitrogens with zero attached hydrogens (tertiary/aromatic N) is 3. The summed E-state index contributed by atoms with van der Waals surface area (Å²) in [6.07, 6.45) is 5.08. The van der Waals surface area contributed by atoms with Gasteiger partial charge in [0.25, 0.3) is 0 Å². The second kappa shape index (κ2) is 5.38. The van der Waals surface area contributed by atoms with Crippen molar-refractivity contribution in [2.75, 3.05) is 32.1 Å². The summed E-state index contributed by atoms with van der Waals surface area (Å²) in [7, 11) is 4.34. The Morgan fingerprint density at radius 2 is 2.21 bits per heavy atom. The number of aliphatic hydroxyl groups is 1. The van der Waals surface area contributed by atoms with Crippen molar-refractivity contribution in [3.05, 3.63) is 10.6 Å². The summed E-state index contributed by atoms with van der Waals surface area (Å²) in [6.45, 7) is 2.39. The van der Waals surface area contributed by atoms with Gasteiger partial charge in [0, 0.05) is 25.6 Å². The van der Waals surface area contributed by atoms with Gasteiger partial charge in [-0.1, -0.05) is 11.3 Å². The van der Waals surface area contributed by atoms with Crippen molar-refractivity contribution in [1.29, 1.82) is 0 Å². The van der Waals surface area contributed by atoms with E-state index in [0.29, 0.717) is 12.0 Å². The van der Waals surface area contributed by atoms with Gasteiger partial charge < -0.3 is 14.9 Å². The third-order valence-corrected chi connectivity index (χ3v) is 5.48. The Hall–Kier alpha value is -0.650. The summed E-state index contributed by atoms with van der Waals surface area (Å²) in [5, 5.41) is 10.5. The maximum absolute atomic E-state index is 9.46. The molecule has 106 valence electrons. The second-order valence-corrected chi connectivity index (χ2v) is 6.96. The molecule has 5 heteroatoms. The lowest BCUT2D eigenvalue weighted by Gasteiger charge is -2.25. The molecule has 2 fully saturated rings. The van der Waals surface area contributed by atoms with E-state index in [0.717, 1.165) is 22.2 Å². The van der Waals surface area contributed by atoms with Crippen LogP contribution in [0.25, 0.3) is 0 Å². The van der Waals surface area contributed by atoms with Crippen molar-refractivity contribution in [3.8, 4) is 0 Å². The van der Waals surface area contributed by atoms with Crippen LogP contribution in [0.4, 0.5) is 5.13 Å². The molecule has 1 atom stereocenters. The van der Waals surface area contributed by atoms with E-state index in [9.17, 15) is 5.11 Å². The van der Waals surface area contributed by atoms with Gasteiger partial charge in [-0.05, 0) is 39.3 Å². The molecule has 1 saturated carbocycles. The first-order valence-corrected chi connectivity index (χ1v) is 8.02. The minimum absolute atomic E-state index is 0.140. The first-order chi connectivity index (χ1) is 9.19. The molecule has 1 saturated heterocycles. The average Bonchev–Trinajstić information content (AvgIpc) is 3.03. The predicted octanol–water partition coefficient (Wildman–Crippen LogP) is 2.04. The Labute approximate surface area is 119 Å². The summed E-state index contributed by atoms with van der Waals surface area (Å²) in [6, 6.07) is 0.649. The molecule has 1 aromatic heterocycles. The zero-order valence-corrected chi connectivity index (χ0v) is 12.6. The molecule has 0 radical (unpaired) electrons. The molecule has 3 rings (SSSR count). The van der Waals surface area contributed by atoms with Crippen molar-refractivity contribution >= 4 is 16.5 Å². The number of hydrogen-bond donors (Lipinski definition) is 1. The lowest BCUT2D eigenvalue weighted by Crippen LogP contribution is -2.36. The first-order valence-electron chi connectivity index (χ1n) is 7.21. The van der Waals surface area contributed by atoms with Gasteiger partial charge in [0.05, 0.1) is 17.2 Å². The van der Waals surface area contributed by atoms with Crippen LogP contribution in [0, 0.1) is 0 Å². The van der Waals surface area contributed by atoms with E-state index < -0.39 is 0 Å². The van der Waals surface area contributed by atoms with Crippen LogP contribution in [0.2, 0.25) is 0 Å². The third-order valence-electron chi connectivity index (χ3n) is 4.31. The zero-order chi connectivity index (χ0) is 13.4. The molecule has 0 bridgehead atoms. The SMILES string of the molecule is CN(CC1CCCN1C)c1nc(C2CC2)c(CO)s1. The van der Waals surface area contributed by atoms with E-state index in [1.54, 1.807) is 11.3 Å². The first kappa shape index (κ1) is 13.3. The van der Waals surface area contributed by atoms with Crippen LogP contribution in [0.5, 0.6) is 0 Å². The molecule has 1 aromatic rings. The Kier molecular flexibility index (Phi) is 3.78. The normalized spacial score (nSPS) is 24.1. The smallest absolute Gasteiger partial charge is 0.185 e. The van der Waals surface area contributed by atoms with E-state index in [-0.39, 0.29) is 6.61 Å². The number of aromatic nitrogens is 1. The number of anilines is 1. The molecular formula is C14H23N3OS. The monoisotopic (exact) mass is 281 g/mol. The molecule has 1 N–H and O–H groups in total. The van der Waals surface area contributed by atoms with Gasteiger partial charge in [0.1, 0.15) is 0 Å². The fourth-order valence-electron chi connectivity index (χ4n) is 2.91. The maximum Gasteiger partial charge on any atom is 0.185 e. The number of likely N-dealkylation sites (tertiary alicyclic amines) is 1. The molecule has 1 aliphatic carbocycles. The van der Waals surface area contributed by atoms with E-state index in [1.165, 1.54) is 32.2 Å². The molecule has 2 aliphatic rings. The van der Waals surface area contributed by atoms with Crippen molar-refractivity contribution in [3.63, 3.8) is 0 Å². The van der Waals surface area contributed by atoms with Gasteiger partial charge in [0.2, 0.25) is 0 Å². The molecule has 0 aromatic carbocycles. The van der Waals surface area contributed by atoms with Crippen molar-refractivity contribution < 1.29 is 5.11 Å². The summed E-state index contributed by atoms with van der Waals surface area (Å²) in [4.78, 5) is 10.6. The lowest BCUT2D eigenvalue weighted by molar-refractivity contribution is 0.284. The van der Waals surface area contributed by atoms with E-state index in [1.807, 2.05) is 0 Å². The van der Waals surface area contributed by atoms with E-state index in [2.05, 4.69) is 23.9 Å². The summed E-state index contributed by atoms with van der Waals surface area (Å²) in [5.74, 6) is 0.620. The van der Waals surface area contributed by atoms with Crippen molar-refractivity contribution in [2.24, 2.45) is 0 Å². The minimum Gasteiger partial charge on any atom is -0.391 e. The molecule has 4 nitrogen and oxygen atoms in total. The van der Waals surface area contributed by atoms with Crippen LogP contribution >= 0.6 is 11.3 Å². The molecule has 1 aliphatic heterocycles. The van der Waals surface area contributed by atoms with E-state index >= 15 is 0 Å². The fourth-order valence-corrected chi connectivity index (χ4v) is 3.88. The molecule has 2 heterocycles. The van der Waals surface area contributed by atoms with Gasteiger partial charge in [-0.25, -0.2) is 4.98 Å². The van der Waals surface area contributed by atoms with Crippen LogP contribution in [-0.4, -0.2) is 48.2 Å². The molecule has 1 unspecified atom stereocenters. The van der Waals surface area contributed by atoms with Gasteiger partial charge in [-0.3, -0.25) is 0 Å². The summed E-state index contributed by atoms with van der Waals surface area (Å²) >= 11 is 1.67. The van der Waals surface area contributed by atoms with Gasteiger partial charge in [-0.2, -0.15) is 0 Å². The highest BCUT2D eigenvalue weighted by atomic mass is 32.1. The number of likely N-dealkylation sites (N-methyl/N-ethyl adjacent to an activating group) is 2. The van der Waals surface area contributed by atoms with Crippen LogP contribution in [0.15, 0.2) is 0 Å². The van der Waals surface area contributed by atoms with E-state index in [4.69, 9.17) is 4.98 Å². The molecular weight excluding hydrogens is 258 g/mol. The standard InChI is InChI=1S/C14H23N3OS/c1-16-7-3-4-11(16)8-17(2)14-15-13(10-5-6-10)12(9-18)19-14/h10-11,18H,3-9H2,1-2H3. The van der Waals surface area contributed by atoms with Crippen LogP contribution in [0.3, 0.4) is 0 Å². The van der Waals surface area contributed by atoms with Crippen molar-refractivity contribution in [1.82, 2.24) is 9.88 Å².